The molecule has 0 saturated carbocycles. The van der Waals surface area contributed by atoms with Crippen LogP contribution >= 0.6 is 11.8 Å². The van der Waals surface area contributed by atoms with E-state index in [9.17, 15) is 0 Å². The molecule has 0 bridgehead atoms. The second-order valence-electron chi connectivity index (χ2n) is 6.13. The second kappa shape index (κ2) is 6.04. The highest BCUT2D eigenvalue weighted by atomic mass is 32.2. The van der Waals surface area contributed by atoms with E-state index in [2.05, 4.69) is 67.3 Å². The summed E-state index contributed by atoms with van der Waals surface area (Å²) in [6.07, 6.45) is 1.16. The molecule has 0 aromatic heterocycles. The minimum absolute atomic E-state index is 0.509. The third-order valence-corrected chi connectivity index (χ3v) is 6.12. The molecule has 2 aliphatic rings. The van der Waals surface area contributed by atoms with Gasteiger partial charge in [-0.05, 0) is 42.5 Å². The first-order chi connectivity index (χ1) is 11.3. The number of benzene rings is 2. The predicted molar refractivity (Wildman–Crippen MR) is 100 cm³/mol. The molecule has 1 heterocycles. The van der Waals surface area contributed by atoms with Gasteiger partial charge in [0.05, 0.1) is 6.04 Å². The number of thioether (sulfide) groups is 1. The Bertz CT molecular complexity index is 739. The Morgan fingerprint density at radius 1 is 1.09 bits per heavy atom. The van der Waals surface area contributed by atoms with Crippen molar-refractivity contribution in [2.75, 3.05) is 13.1 Å². The van der Waals surface area contributed by atoms with Crippen LogP contribution in [0.3, 0.4) is 0 Å². The molecule has 1 aliphatic carbocycles. The molecule has 0 radical (unpaired) electrons. The Morgan fingerprint density at radius 3 is 2.65 bits per heavy atom. The van der Waals surface area contributed by atoms with Crippen LogP contribution < -0.4 is 0 Å². The predicted octanol–water partition coefficient (Wildman–Crippen LogP) is 4.76. The van der Waals surface area contributed by atoms with E-state index in [1.54, 1.807) is 0 Å². The van der Waals surface area contributed by atoms with Crippen LogP contribution in [0.5, 0.6) is 0 Å². The molecule has 0 amide bonds. The summed E-state index contributed by atoms with van der Waals surface area (Å²) in [5.41, 5.74) is 5.66. The molecular formula is C20H22N2S. The fourth-order valence-electron chi connectivity index (χ4n) is 3.80. The van der Waals surface area contributed by atoms with Gasteiger partial charge in [-0.15, -0.1) is 0 Å². The van der Waals surface area contributed by atoms with Crippen LogP contribution in [-0.2, 0) is 6.42 Å². The van der Waals surface area contributed by atoms with Crippen LogP contribution in [0.25, 0.3) is 11.1 Å². The fourth-order valence-corrected chi connectivity index (χ4v) is 5.34. The van der Waals surface area contributed by atoms with E-state index in [1.165, 1.54) is 27.4 Å². The minimum Gasteiger partial charge on any atom is -0.344 e. The molecule has 0 N–H and O–H groups in total. The number of nitrogens with zero attached hydrogens (tertiary/aromatic N) is 2. The smallest absolute Gasteiger partial charge is 0.160 e. The molecular weight excluding hydrogens is 300 g/mol. The van der Waals surface area contributed by atoms with Crippen LogP contribution in [-0.4, -0.2) is 28.4 Å². The van der Waals surface area contributed by atoms with E-state index < -0.39 is 0 Å². The van der Waals surface area contributed by atoms with E-state index in [0.29, 0.717) is 11.3 Å². The van der Waals surface area contributed by atoms with Gasteiger partial charge in [0, 0.05) is 18.3 Å². The van der Waals surface area contributed by atoms with Crippen LogP contribution in [0, 0.1) is 0 Å². The first-order valence-corrected chi connectivity index (χ1v) is 9.35. The topological polar surface area (TPSA) is 15.6 Å². The molecule has 118 valence electrons. The summed E-state index contributed by atoms with van der Waals surface area (Å²) in [6.45, 7) is 6.27. The zero-order chi connectivity index (χ0) is 15.8. The van der Waals surface area contributed by atoms with Crippen LogP contribution in [0.4, 0.5) is 0 Å². The maximum Gasteiger partial charge on any atom is 0.160 e. The molecule has 23 heavy (non-hydrogen) atoms. The Hall–Kier alpha value is -1.74. The lowest BCUT2D eigenvalue weighted by Crippen LogP contribution is -2.28. The molecule has 2 atom stereocenters. The molecule has 1 saturated heterocycles. The quantitative estimate of drug-likeness (QED) is 0.809. The number of hydrogen-bond donors (Lipinski definition) is 0. The first-order valence-electron chi connectivity index (χ1n) is 8.47. The zero-order valence-corrected chi connectivity index (χ0v) is 14.5. The van der Waals surface area contributed by atoms with Gasteiger partial charge in [0.2, 0.25) is 0 Å². The van der Waals surface area contributed by atoms with Gasteiger partial charge in [-0.2, -0.15) is 0 Å². The fraction of sp³-hybridized carbons (Fsp3) is 0.350. The van der Waals surface area contributed by atoms with Crippen molar-refractivity contribution in [3.05, 3.63) is 59.7 Å². The molecule has 2 aromatic rings. The summed E-state index contributed by atoms with van der Waals surface area (Å²) < 4.78 is 0. The highest BCUT2D eigenvalue weighted by Gasteiger charge is 2.44. The van der Waals surface area contributed by atoms with Crippen molar-refractivity contribution in [2.24, 2.45) is 4.99 Å². The van der Waals surface area contributed by atoms with E-state index >= 15 is 0 Å². The van der Waals surface area contributed by atoms with Crippen molar-refractivity contribution in [2.45, 2.75) is 31.6 Å². The molecule has 3 heteroatoms. The van der Waals surface area contributed by atoms with Crippen LogP contribution in [0.1, 0.15) is 31.0 Å². The second-order valence-corrected chi connectivity index (χ2v) is 7.33. The highest BCUT2D eigenvalue weighted by Crippen LogP contribution is 2.49. The molecule has 2 unspecified atom stereocenters. The maximum atomic E-state index is 4.70. The van der Waals surface area contributed by atoms with Gasteiger partial charge in [-0.3, -0.25) is 4.99 Å². The normalized spacial score (nSPS) is 24.1. The van der Waals surface area contributed by atoms with Crippen molar-refractivity contribution < 1.29 is 0 Å². The number of rotatable bonds is 3. The van der Waals surface area contributed by atoms with E-state index in [-0.39, 0.29) is 0 Å². The van der Waals surface area contributed by atoms with Gasteiger partial charge >= 0.3 is 0 Å². The van der Waals surface area contributed by atoms with Gasteiger partial charge in [0.25, 0.3) is 0 Å². The lowest BCUT2D eigenvalue weighted by Gasteiger charge is -2.24. The van der Waals surface area contributed by atoms with Crippen LogP contribution in [0.2, 0.25) is 0 Å². The summed E-state index contributed by atoms with van der Waals surface area (Å²) in [7, 11) is 0. The van der Waals surface area contributed by atoms with Crippen molar-refractivity contribution in [3.63, 3.8) is 0 Å². The van der Waals surface area contributed by atoms with E-state index in [4.69, 9.17) is 4.99 Å². The van der Waals surface area contributed by atoms with Crippen molar-refractivity contribution in [1.29, 1.82) is 0 Å². The summed E-state index contributed by atoms with van der Waals surface area (Å²) in [5, 5.41) is 1.86. The largest absolute Gasteiger partial charge is 0.344 e. The van der Waals surface area contributed by atoms with E-state index in [0.717, 1.165) is 19.5 Å². The zero-order valence-electron chi connectivity index (χ0n) is 13.7. The number of amidine groups is 1. The number of aliphatic imine (C=N–C) groups is 1. The Morgan fingerprint density at radius 2 is 1.91 bits per heavy atom. The van der Waals surface area contributed by atoms with E-state index in [1.807, 2.05) is 11.8 Å². The van der Waals surface area contributed by atoms with Gasteiger partial charge in [0.1, 0.15) is 0 Å². The highest BCUT2D eigenvalue weighted by molar-refractivity contribution is 8.14. The van der Waals surface area contributed by atoms with Gasteiger partial charge in [-0.25, -0.2) is 0 Å². The number of fused-ring (bicyclic) bond motifs is 3. The Kier molecular flexibility index (Phi) is 3.90. The standard InChI is InChI=1S/C20H22N2S/c1-3-21-20-22(4-2)19-17-11-10-15(14-8-6-5-7-9-14)12-16(17)13-18(19)23-20/h5-12,18-19H,3-4,13H2,1-2H3. The lowest BCUT2D eigenvalue weighted by molar-refractivity contribution is 0.354. The number of hydrogen-bond acceptors (Lipinski definition) is 2. The Labute approximate surface area is 142 Å². The van der Waals surface area contributed by atoms with Gasteiger partial charge < -0.3 is 4.90 Å². The third kappa shape index (κ3) is 2.47. The molecule has 2 aromatic carbocycles. The molecule has 4 rings (SSSR count). The molecule has 1 fully saturated rings. The monoisotopic (exact) mass is 322 g/mol. The summed E-state index contributed by atoms with van der Waals surface area (Å²) in [6, 6.07) is 18.2. The van der Waals surface area contributed by atoms with Crippen molar-refractivity contribution in [1.82, 2.24) is 4.90 Å². The molecule has 1 aliphatic heterocycles. The first kappa shape index (κ1) is 14.8. The lowest BCUT2D eigenvalue weighted by atomic mass is 9.99. The average molecular weight is 322 g/mol. The third-order valence-electron chi connectivity index (χ3n) is 4.81. The Balaban J connectivity index is 1.70. The molecule has 0 spiro atoms. The summed E-state index contributed by atoms with van der Waals surface area (Å²) in [5.74, 6) is 0. The molecule has 2 nitrogen and oxygen atoms in total. The van der Waals surface area contributed by atoms with Crippen molar-refractivity contribution in [3.8, 4) is 11.1 Å². The van der Waals surface area contributed by atoms with Crippen LogP contribution in [0.15, 0.2) is 53.5 Å². The summed E-state index contributed by atoms with van der Waals surface area (Å²) >= 11 is 1.97. The van der Waals surface area contributed by atoms with Gasteiger partial charge in [0.15, 0.2) is 5.17 Å². The maximum absolute atomic E-state index is 4.70. The average Bonchev–Trinajstić information content (AvgIpc) is 3.10. The summed E-state index contributed by atoms with van der Waals surface area (Å²) in [4.78, 5) is 7.19. The minimum atomic E-state index is 0.509. The van der Waals surface area contributed by atoms with Gasteiger partial charge in [-0.1, -0.05) is 60.3 Å². The SMILES string of the molecule is CCN=C1SC2Cc3cc(-c4ccccc4)ccc3C2N1CC. The van der Waals surface area contributed by atoms with Crippen molar-refractivity contribution >= 4 is 16.9 Å².